The van der Waals surface area contributed by atoms with Gasteiger partial charge < -0.3 is 9.47 Å². The van der Waals surface area contributed by atoms with E-state index < -0.39 is 11.9 Å². The third kappa shape index (κ3) is 8.89. The number of aromatic nitrogens is 4. The number of hydrogen-bond acceptors (Lipinski definition) is 4. The molecule has 0 bridgehead atoms. The minimum absolute atomic E-state index is 0.346. The van der Waals surface area contributed by atoms with Crippen molar-refractivity contribution >= 4 is 11.9 Å². The molecular weight excluding hydrogens is 384 g/mol. The third-order valence-electron chi connectivity index (χ3n) is 4.60. The van der Waals surface area contributed by atoms with Crippen molar-refractivity contribution in [1.29, 1.82) is 0 Å². The first kappa shape index (κ1) is 23.1. The van der Waals surface area contributed by atoms with Crippen molar-refractivity contribution in [3.05, 3.63) is 62.8 Å². The first-order valence-electron chi connectivity index (χ1n) is 10.3. The van der Waals surface area contributed by atoms with E-state index >= 15 is 0 Å². The third-order valence-corrected chi connectivity index (χ3v) is 4.60. The molecule has 0 amide bonds. The molecule has 0 fully saturated rings. The van der Waals surface area contributed by atoms with Crippen molar-refractivity contribution in [1.82, 2.24) is 9.13 Å². The van der Waals surface area contributed by atoms with Gasteiger partial charge in [0.15, 0.2) is 0 Å². The normalized spacial score (nSPS) is 10.5. The number of aryl methyl sites for hydroxylation is 2. The van der Waals surface area contributed by atoms with Crippen LogP contribution >= 0.6 is 0 Å². The number of ether oxygens (including phenoxy) is 2. The monoisotopic (exact) mass is 416 g/mol. The number of rotatable bonds is 15. The number of imidazole rings is 2. The largest absolute Gasteiger partial charge is 0.458 e. The van der Waals surface area contributed by atoms with E-state index in [0.717, 1.165) is 25.9 Å². The fraction of sp³-hybridized carbons (Fsp3) is 0.455. The molecule has 0 radical (unpaired) electrons. The maximum Gasteiger partial charge on any atom is 0.330 e. The fourth-order valence-electron chi connectivity index (χ4n) is 2.97. The van der Waals surface area contributed by atoms with Crippen LogP contribution in [0.5, 0.6) is 0 Å². The Morgan fingerprint density at radius 2 is 1.20 bits per heavy atom. The molecule has 0 aliphatic carbocycles. The predicted molar refractivity (Wildman–Crippen MR) is 110 cm³/mol. The lowest BCUT2D eigenvalue weighted by molar-refractivity contribution is -0.698. The van der Waals surface area contributed by atoms with Crippen LogP contribution in [0.15, 0.2) is 62.8 Å². The molecule has 0 atom stereocenters. The molecule has 0 saturated heterocycles. The van der Waals surface area contributed by atoms with E-state index in [9.17, 15) is 9.59 Å². The van der Waals surface area contributed by atoms with Gasteiger partial charge in [-0.25, -0.2) is 27.9 Å². The lowest BCUT2D eigenvalue weighted by atomic mass is 10.2. The van der Waals surface area contributed by atoms with Crippen molar-refractivity contribution in [3.63, 3.8) is 0 Å². The molecule has 0 unspecified atom stereocenters. The topological polar surface area (TPSA) is 70.2 Å². The Hall–Kier alpha value is -3.16. The van der Waals surface area contributed by atoms with Crippen LogP contribution in [-0.2, 0) is 45.2 Å². The van der Waals surface area contributed by atoms with Crippen molar-refractivity contribution in [2.45, 2.75) is 51.9 Å². The van der Waals surface area contributed by atoms with Gasteiger partial charge in [-0.3, -0.25) is 0 Å². The zero-order valence-corrected chi connectivity index (χ0v) is 17.5. The van der Waals surface area contributed by atoms with Crippen LogP contribution < -0.4 is 9.13 Å². The van der Waals surface area contributed by atoms with E-state index in [4.69, 9.17) is 9.47 Å². The Morgan fingerprint density at radius 3 is 1.60 bits per heavy atom. The Balaban J connectivity index is 1.53. The summed E-state index contributed by atoms with van der Waals surface area (Å²) in [6, 6.07) is 0. The Bertz CT molecular complexity index is 756. The average molecular weight is 417 g/mol. The summed E-state index contributed by atoms with van der Waals surface area (Å²) in [6.07, 6.45) is 19.1. The van der Waals surface area contributed by atoms with E-state index in [1.807, 2.05) is 46.6 Å². The molecule has 2 rings (SSSR count). The van der Waals surface area contributed by atoms with Crippen molar-refractivity contribution < 1.29 is 28.2 Å². The lowest BCUT2D eigenvalue weighted by Crippen LogP contribution is -2.31. The van der Waals surface area contributed by atoms with Gasteiger partial charge in [-0.1, -0.05) is 13.2 Å². The second kappa shape index (κ2) is 13.1. The van der Waals surface area contributed by atoms with Crippen LogP contribution in [0.2, 0.25) is 0 Å². The minimum atomic E-state index is -0.390. The number of hydrogen-bond donors (Lipinski definition) is 0. The van der Waals surface area contributed by atoms with Crippen molar-refractivity contribution in [2.75, 3.05) is 13.2 Å². The molecule has 162 valence electrons. The summed E-state index contributed by atoms with van der Waals surface area (Å²) in [5.74, 6) is -0.780. The summed E-state index contributed by atoms with van der Waals surface area (Å²) < 4.78 is 18.3. The molecule has 8 nitrogen and oxygen atoms in total. The second-order valence-electron chi connectivity index (χ2n) is 6.94. The van der Waals surface area contributed by atoms with Crippen molar-refractivity contribution in [2.24, 2.45) is 0 Å². The number of esters is 2. The number of nitrogens with zero attached hydrogens (tertiary/aromatic N) is 4. The molecule has 8 heteroatoms. The van der Waals surface area contributed by atoms with Gasteiger partial charge in [0, 0.05) is 12.2 Å². The number of carbonyl (C=O) groups is 2. The van der Waals surface area contributed by atoms with Gasteiger partial charge in [0.2, 0.25) is 12.7 Å². The maximum atomic E-state index is 11.0. The van der Waals surface area contributed by atoms with Crippen LogP contribution in [0.4, 0.5) is 0 Å². The molecule has 30 heavy (non-hydrogen) atoms. The van der Waals surface area contributed by atoms with E-state index in [2.05, 4.69) is 22.3 Å². The summed E-state index contributed by atoms with van der Waals surface area (Å²) in [6.45, 7) is 10.7. The molecule has 2 aromatic heterocycles. The van der Waals surface area contributed by atoms with Gasteiger partial charge in [-0.05, 0) is 25.7 Å². The number of carbonyl (C=O) groups excluding carboxylic acids is 2. The number of unbranched alkanes of at least 4 members (excludes halogenated alkanes) is 3. The highest BCUT2D eigenvalue weighted by molar-refractivity contribution is 5.81. The van der Waals surface area contributed by atoms with Gasteiger partial charge in [0.05, 0.1) is 13.1 Å². The first-order chi connectivity index (χ1) is 14.6. The van der Waals surface area contributed by atoms with Gasteiger partial charge in [-0.2, -0.15) is 0 Å². The van der Waals surface area contributed by atoms with Gasteiger partial charge in [-0.15, -0.1) is 0 Å². The summed E-state index contributed by atoms with van der Waals surface area (Å²) in [5.41, 5.74) is 0. The zero-order valence-electron chi connectivity index (χ0n) is 17.5. The summed E-state index contributed by atoms with van der Waals surface area (Å²) in [5, 5.41) is 0. The van der Waals surface area contributed by atoms with Crippen LogP contribution in [0.3, 0.4) is 0 Å². The van der Waals surface area contributed by atoms with E-state index in [1.54, 1.807) is 0 Å². The Labute approximate surface area is 177 Å². The summed E-state index contributed by atoms with van der Waals surface area (Å²) in [4.78, 5) is 22.0. The fourth-order valence-corrected chi connectivity index (χ4v) is 2.97. The average Bonchev–Trinajstić information content (AvgIpc) is 3.39. The van der Waals surface area contributed by atoms with Crippen LogP contribution in [-0.4, -0.2) is 34.3 Å². The quantitative estimate of drug-likeness (QED) is 0.191. The van der Waals surface area contributed by atoms with Crippen LogP contribution in [0, 0.1) is 0 Å². The molecule has 0 aliphatic heterocycles. The highest BCUT2D eigenvalue weighted by Gasteiger charge is 2.06. The maximum absolute atomic E-state index is 11.0. The molecule has 0 aromatic carbocycles. The zero-order chi connectivity index (χ0) is 21.6. The van der Waals surface area contributed by atoms with Crippen molar-refractivity contribution in [3.8, 4) is 0 Å². The molecule has 2 heterocycles. The lowest BCUT2D eigenvalue weighted by Gasteiger charge is -2.00. The Morgan fingerprint density at radius 1 is 0.767 bits per heavy atom. The SMILES string of the molecule is C=CC(=O)OCCn1cc[n+](CCCCCC[n+]2ccn(CCOC(=O)C=C)c2)c1. The second-order valence-corrected chi connectivity index (χ2v) is 6.94. The molecule has 0 N–H and O–H groups in total. The predicted octanol–water partition coefficient (Wildman–Crippen LogP) is 1.58. The highest BCUT2D eigenvalue weighted by atomic mass is 16.5. The van der Waals surface area contributed by atoms with Gasteiger partial charge in [0.1, 0.15) is 51.1 Å². The van der Waals surface area contributed by atoms with Crippen LogP contribution in [0.1, 0.15) is 25.7 Å². The summed E-state index contributed by atoms with van der Waals surface area (Å²) in [7, 11) is 0. The van der Waals surface area contributed by atoms with E-state index in [-0.39, 0.29) is 0 Å². The molecule has 2 aromatic rings. The van der Waals surface area contributed by atoms with Gasteiger partial charge >= 0.3 is 11.9 Å². The molecular formula is C22H32N4O4+2. The highest BCUT2D eigenvalue weighted by Crippen LogP contribution is 2.00. The van der Waals surface area contributed by atoms with Gasteiger partial charge in [0.25, 0.3) is 0 Å². The smallest absolute Gasteiger partial charge is 0.330 e. The summed E-state index contributed by atoms with van der Waals surface area (Å²) >= 11 is 0. The van der Waals surface area contributed by atoms with E-state index in [1.165, 1.54) is 25.0 Å². The Kier molecular flexibility index (Phi) is 10.1. The first-order valence-corrected chi connectivity index (χ1v) is 10.3. The molecule has 0 aliphatic rings. The minimum Gasteiger partial charge on any atom is -0.458 e. The standard InChI is InChI=1S/C22H32N4O4/c1-3-21(27)29-17-15-25-13-11-23(19-25)9-7-5-6-8-10-24-12-14-26(20-24)16-18-30-22(28)4-2/h3-4,11-14,19-20H,1-2,5-10,15-18H2/q+2. The van der Waals surface area contributed by atoms with Crippen LogP contribution in [0.25, 0.3) is 0 Å². The molecule has 0 spiro atoms. The van der Waals surface area contributed by atoms with E-state index in [0.29, 0.717) is 26.3 Å². The molecule has 0 saturated carbocycles.